The van der Waals surface area contributed by atoms with Crippen LogP contribution in [0.3, 0.4) is 0 Å². The zero-order chi connectivity index (χ0) is 20.2. The van der Waals surface area contributed by atoms with Crippen molar-refractivity contribution in [3.63, 3.8) is 0 Å². The van der Waals surface area contributed by atoms with Crippen LogP contribution in [0.15, 0.2) is 67.0 Å². The zero-order valence-corrected chi connectivity index (χ0v) is 17.6. The predicted molar refractivity (Wildman–Crippen MR) is 120 cm³/mol. The number of aromatic nitrogens is 2. The molecule has 0 saturated carbocycles. The van der Waals surface area contributed by atoms with Crippen LogP contribution in [0.2, 0.25) is 5.02 Å². The Hall–Kier alpha value is -2.76. The molecule has 0 aliphatic rings. The van der Waals surface area contributed by atoms with Crippen LogP contribution in [0.5, 0.6) is 0 Å². The Kier molecular flexibility index (Phi) is 5.88. The average Bonchev–Trinajstić information content (AvgIpc) is 3.16. The second-order valence-electron chi connectivity index (χ2n) is 6.89. The maximum Gasteiger partial charge on any atom is 0.229 e. The van der Waals surface area contributed by atoms with E-state index in [1.807, 2.05) is 61.5 Å². The molecule has 4 nitrogen and oxygen atoms in total. The average molecular weight is 422 g/mol. The normalized spacial score (nSPS) is 11.0. The maximum atomic E-state index is 13.2. The molecule has 6 heteroatoms. The lowest BCUT2D eigenvalue weighted by Crippen LogP contribution is -2.30. The molecule has 0 spiro atoms. The van der Waals surface area contributed by atoms with Gasteiger partial charge in [-0.05, 0) is 54.3 Å². The summed E-state index contributed by atoms with van der Waals surface area (Å²) >= 11 is 7.71. The molecule has 0 aliphatic carbocycles. The molecule has 0 bridgehead atoms. The lowest BCUT2D eigenvalue weighted by molar-refractivity contribution is -0.118. The first kappa shape index (κ1) is 19.6. The fraction of sp³-hybridized carbons (Fsp3) is 0.174. The molecule has 0 fully saturated rings. The van der Waals surface area contributed by atoms with Crippen molar-refractivity contribution in [1.29, 1.82) is 0 Å². The van der Waals surface area contributed by atoms with Crippen LogP contribution < -0.4 is 4.90 Å². The lowest BCUT2D eigenvalue weighted by atomic mass is 10.1. The summed E-state index contributed by atoms with van der Waals surface area (Å²) in [6, 6.07) is 17.7. The van der Waals surface area contributed by atoms with Crippen LogP contribution in [0.25, 0.3) is 10.2 Å². The van der Waals surface area contributed by atoms with Gasteiger partial charge < -0.3 is 0 Å². The van der Waals surface area contributed by atoms with Crippen LogP contribution in [-0.2, 0) is 17.8 Å². The van der Waals surface area contributed by atoms with Crippen LogP contribution in [-0.4, -0.2) is 15.9 Å². The van der Waals surface area contributed by atoms with Gasteiger partial charge in [-0.25, -0.2) is 4.98 Å². The SMILES string of the molecule is Cc1cc(Cl)cc2sc(N(Cc3ccncc3)C(=O)CCc3ccccc3)nc12. The van der Waals surface area contributed by atoms with E-state index >= 15 is 0 Å². The van der Waals surface area contributed by atoms with E-state index in [1.165, 1.54) is 11.3 Å². The van der Waals surface area contributed by atoms with Gasteiger partial charge in [0, 0.05) is 23.8 Å². The van der Waals surface area contributed by atoms with Gasteiger partial charge in [0.2, 0.25) is 5.91 Å². The van der Waals surface area contributed by atoms with Crippen molar-refractivity contribution in [3.8, 4) is 0 Å². The third-order valence-corrected chi connectivity index (χ3v) is 5.97. The number of thiazole rings is 1. The van der Waals surface area contributed by atoms with Gasteiger partial charge in [-0.3, -0.25) is 14.7 Å². The molecule has 0 saturated heterocycles. The molecule has 4 rings (SSSR count). The van der Waals surface area contributed by atoms with Gasteiger partial charge in [0.15, 0.2) is 5.13 Å². The number of fused-ring (bicyclic) bond motifs is 1. The number of nitrogens with zero attached hydrogens (tertiary/aromatic N) is 3. The minimum Gasteiger partial charge on any atom is -0.284 e. The molecule has 0 atom stereocenters. The Morgan fingerprint density at radius 1 is 1.07 bits per heavy atom. The minimum atomic E-state index is 0.0495. The zero-order valence-electron chi connectivity index (χ0n) is 16.0. The van der Waals surface area contributed by atoms with E-state index in [9.17, 15) is 4.79 Å². The number of pyridine rings is 1. The highest BCUT2D eigenvalue weighted by Gasteiger charge is 2.21. The molecule has 2 aromatic carbocycles. The van der Waals surface area contributed by atoms with Gasteiger partial charge in [-0.2, -0.15) is 0 Å². The fourth-order valence-electron chi connectivity index (χ4n) is 3.22. The van der Waals surface area contributed by atoms with Crippen LogP contribution in [0.1, 0.15) is 23.1 Å². The number of benzene rings is 2. The third-order valence-electron chi connectivity index (χ3n) is 4.73. The third kappa shape index (κ3) is 4.63. The fourth-order valence-corrected chi connectivity index (χ4v) is 4.66. The second-order valence-corrected chi connectivity index (χ2v) is 8.33. The van der Waals surface area contributed by atoms with E-state index in [0.29, 0.717) is 29.5 Å². The quantitative estimate of drug-likeness (QED) is 0.394. The number of carbonyl (C=O) groups excluding carboxylic acids is 1. The van der Waals surface area contributed by atoms with Crippen molar-refractivity contribution in [3.05, 3.63) is 88.7 Å². The highest BCUT2D eigenvalue weighted by Crippen LogP contribution is 2.34. The highest BCUT2D eigenvalue weighted by atomic mass is 35.5. The summed E-state index contributed by atoms with van der Waals surface area (Å²) in [6.45, 7) is 2.45. The molecular weight excluding hydrogens is 402 g/mol. The molecule has 0 radical (unpaired) electrons. The molecular formula is C23H20ClN3OS. The van der Waals surface area contributed by atoms with Gasteiger partial charge in [0.1, 0.15) is 0 Å². The van der Waals surface area contributed by atoms with Crippen molar-refractivity contribution in [2.75, 3.05) is 4.90 Å². The largest absolute Gasteiger partial charge is 0.284 e. The molecule has 0 N–H and O–H groups in total. The van der Waals surface area contributed by atoms with Crippen molar-refractivity contribution in [1.82, 2.24) is 9.97 Å². The number of anilines is 1. The molecule has 0 unspecified atom stereocenters. The van der Waals surface area contributed by atoms with Crippen molar-refractivity contribution < 1.29 is 4.79 Å². The van der Waals surface area contributed by atoms with Crippen LogP contribution in [0, 0.1) is 6.92 Å². The van der Waals surface area contributed by atoms with E-state index in [1.54, 1.807) is 17.3 Å². The van der Waals surface area contributed by atoms with Gasteiger partial charge in [-0.15, -0.1) is 0 Å². The second kappa shape index (κ2) is 8.72. The number of hydrogen-bond donors (Lipinski definition) is 0. The number of rotatable bonds is 6. The standard InChI is InChI=1S/C23H20ClN3OS/c1-16-13-19(24)14-20-22(16)26-23(29-20)27(15-18-9-11-25-12-10-18)21(28)8-7-17-5-3-2-4-6-17/h2-6,9-14H,7-8,15H2,1H3. The van der Waals surface area contributed by atoms with E-state index < -0.39 is 0 Å². The summed E-state index contributed by atoms with van der Waals surface area (Å²) in [5.74, 6) is 0.0495. The van der Waals surface area contributed by atoms with Crippen molar-refractivity contribution >= 4 is 44.2 Å². The van der Waals surface area contributed by atoms with Crippen molar-refractivity contribution in [2.45, 2.75) is 26.3 Å². The topological polar surface area (TPSA) is 46.1 Å². The summed E-state index contributed by atoms with van der Waals surface area (Å²) in [7, 11) is 0. The summed E-state index contributed by atoms with van der Waals surface area (Å²) in [6.07, 6.45) is 4.60. The molecule has 2 aromatic heterocycles. The molecule has 29 heavy (non-hydrogen) atoms. The van der Waals surface area contributed by atoms with E-state index in [4.69, 9.17) is 16.6 Å². The summed E-state index contributed by atoms with van der Waals surface area (Å²) < 4.78 is 0.987. The molecule has 0 aliphatic heterocycles. The molecule has 2 heterocycles. The van der Waals surface area contributed by atoms with Gasteiger partial charge >= 0.3 is 0 Å². The van der Waals surface area contributed by atoms with E-state index in [-0.39, 0.29) is 5.91 Å². The van der Waals surface area contributed by atoms with Gasteiger partial charge in [-0.1, -0.05) is 53.3 Å². The number of amides is 1. The van der Waals surface area contributed by atoms with E-state index in [0.717, 1.165) is 26.9 Å². The Balaban J connectivity index is 1.64. The number of aryl methyl sites for hydroxylation is 2. The smallest absolute Gasteiger partial charge is 0.229 e. The maximum absolute atomic E-state index is 13.2. The van der Waals surface area contributed by atoms with Gasteiger partial charge in [0.05, 0.1) is 16.8 Å². The minimum absolute atomic E-state index is 0.0495. The summed E-state index contributed by atoms with van der Waals surface area (Å²) in [5.41, 5.74) is 4.07. The number of carbonyl (C=O) groups is 1. The Morgan fingerprint density at radius 2 is 1.83 bits per heavy atom. The van der Waals surface area contributed by atoms with E-state index in [2.05, 4.69) is 4.98 Å². The number of halogens is 1. The summed E-state index contributed by atoms with van der Waals surface area (Å²) in [5, 5.41) is 1.38. The molecule has 1 amide bonds. The highest BCUT2D eigenvalue weighted by molar-refractivity contribution is 7.22. The first-order valence-electron chi connectivity index (χ1n) is 9.40. The Morgan fingerprint density at radius 3 is 2.59 bits per heavy atom. The number of hydrogen-bond acceptors (Lipinski definition) is 4. The first-order chi connectivity index (χ1) is 14.1. The molecule has 146 valence electrons. The Bertz CT molecular complexity index is 1130. The Labute approximate surface area is 178 Å². The molecule has 4 aromatic rings. The monoisotopic (exact) mass is 421 g/mol. The van der Waals surface area contributed by atoms with Crippen molar-refractivity contribution in [2.24, 2.45) is 0 Å². The lowest BCUT2D eigenvalue weighted by Gasteiger charge is -2.20. The van der Waals surface area contributed by atoms with Gasteiger partial charge in [0.25, 0.3) is 0 Å². The predicted octanol–water partition coefficient (Wildman–Crippen LogP) is 5.82. The van der Waals surface area contributed by atoms with Crippen LogP contribution >= 0.6 is 22.9 Å². The first-order valence-corrected chi connectivity index (χ1v) is 10.6. The summed E-state index contributed by atoms with van der Waals surface area (Å²) in [4.78, 5) is 23.8. The van der Waals surface area contributed by atoms with Crippen LogP contribution in [0.4, 0.5) is 5.13 Å².